The van der Waals surface area contributed by atoms with Crippen LogP contribution in [0, 0.1) is 0 Å². The van der Waals surface area contributed by atoms with E-state index in [4.69, 9.17) is 5.73 Å². The fourth-order valence-corrected chi connectivity index (χ4v) is 2.08. The highest BCUT2D eigenvalue weighted by Gasteiger charge is 2.13. The molecule has 1 rings (SSSR count). The van der Waals surface area contributed by atoms with Crippen molar-refractivity contribution in [3.05, 3.63) is 29.8 Å². The molecule has 1 aromatic carbocycles. The molecule has 1 aromatic rings. The van der Waals surface area contributed by atoms with E-state index in [0.717, 1.165) is 11.8 Å². The van der Waals surface area contributed by atoms with Crippen molar-refractivity contribution in [1.82, 2.24) is 5.32 Å². The quantitative estimate of drug-likeness (QED) is 0.648. The summed E-state index contributed by atoms with van der Waals surface area (Å²) in [7, 11) is -3.21. The van der Waals surface area contributed by atoms with Gasteiger partial charge in [0, 0.05) is 12.8 Å². The van der Waals surface area contributed by atoms with Crippen molar-refractivity contribution in [1.29, 1.82) is 0 Å². The van der Waals surface area contributed by atoms with E-state index in [9.17, 15) is 18.3 Å². The molecule has 4 N–H and O–H groups in total. The number of sulfone groups is 1. The van der Waals surface area contributed by atoms with Crippen molar-refractivity contribution in [2.75, 3.05) is 12.8 Å². The predicted molar refractivity (Wildman–Crippen MR) is 71.1 cm³/mol. The molecule has 0 aromatic heterocycles. The Morgan fingerprint density at radius 3 is 2.42 bits per heavy atom. The Morgan fingerprint density at radius 2 is 1.95 bits per heavy atom. The maximum Gasteiger partial charge on any atom is 0.249 e. The van der Waals surface area contributed by atoms with E-state index in [2.05, 4.69) is 5.32 Å². The molecule has 0 saturated carbocycles. The third-order valence-electron chi connectivity index (χ3n) is 2.56. The Bertz CT molecular complexity index is 525. The van der Waals surface area contributed by atoms with Gasteiger partial charge in [0.25, 0.3) is 0 Å². The summed E-state index contributed by atoms with van der Waals surface area (Å²) in [6.45, 7) is 0.460. The van der Waals surface area contributed by atoms with E-state index < -0.39 is 21.8 Å². The highest BCUT2D eigenvalue weighted by molar-refractivity contribution is 7.90. The van der Waals surface area contributed by atoms with Gasteiger partial charge in [0.15, 0.2) is 9.84 Å². The average Bonchev–Trinajstić information content (AvgIpc) is 2.35. The number of nitrogens with one attached hydrogen (secondary N) is 1. The van der Waals surface area contributed by atoms with E-state index in [1.54, 1.807) is 12.1 Å². The van der Waals surface area contributed by atoms with Gasteiger partial charge < -0.3 is 16.2 Å². The Labute approximate surface area is 112 Å². The summed E-state index contributed by atoms with van der Waals surface area (Å²) in [6.07, 6.45) is 0.228. The van der Waals surface area contributed by atoms with Gasteiger partial charge in [0.1, 0.15) is 6.10 Å². The lowest BCUT2D eigenvalue weighted by Gasteiger charge is -2.10. The maximum absolute atomic E-state index is 11.4. The Kier molecular flexibility index (Phi) is 5.46. The zero-order chi connectivity index (χ0) is 14.5. The number of hydrogen-bond acceptors (Lipinski definition) is 5. The molecule has 0 radical (unpaired) electrons. The van der Waals surface area contributed by atoms with Gasteiger partial charge in [-0.1, -0.05) is 12.1 Å². The molecule has 1 amide bonds. The maximum atomic E-state index is 11.4. The van der Waals surface area contributed by atoms with Crippen molar-refractivity contribution < 1.29 is 18.3 Å². The van der Waals surface area contributed by atoms with E-state index in [1.807, 2.05) is 0 Å². The summed E-state index contributed by atoms with van der Waals surface area (Å²) in [6, 6.07) is 6.19. The number of amides is 1. The highest BCUT2D eigenvalue weighted by Crippen LogP contribution is 2.10. The van der Waals surface area contributed by atoms with Crippen molar-refractivity contribution in [2.24, 2.45) is 5.73 Å². The zero-order valence-electron chi connectivity index (χ0n) is 10.7. The van der Waals surface area contributed by atoms with Crippen molar-refractivity contribution in [2.45, 2.75) is 24.0 Å². The smallest absolute Gasteiger partial charge is 0.249 e. The van der Waals surface area contributed by atoms with Crippen LogP contribution in [-0.2, 0) is 21.2 Å². The number of carbonyl (C=O) groups is 1. The number of aliphatic hydroxyl groups is 1. The van der Waals surface area contributed by atoms with Gasteiger partial charge in [0.2, 0.25) is 5.91 Å². The van der Waals surface area contributed by atoms with Crippen molar-refractivity contribution >= 4 is 15.7 Å². The number of benzene rings is 1. The van der Waals surface area contributed by atoms with E-state index >= 15 is 0 Å². The largest absolute Gasteiger partial charge is 0.383 e. The third-order valence-corrected chi connectivity index (χ3v) is 3.69. The van der Waals surface area contributed by atoms with Crippen LogP contribution in [0.25, 0.3) is 0 Å². The molecule has 106 valence electrons. The number of rotatable bonds is 6. The lowest BCUT2D eigenvalue weighted by molar-refractivity contribution is -0.129. The Balaban J connectivity index is 2.58. The fraction of sp³-hybridized carbons (Fsp3) is 0.417. The SMILES string of the molecule is CS(=O)(=O)c1ccc(CNC(=O)C(O)CCN)cc1. The molecule has 0 fully saturated rings. The van der Waals surface area contributed by atoms with Crippen LogP contribution in [0.4, 0.5) is 0 Å². The molecule has 0 saturated heterocycles. The molecule has 19 heavy (non-hydrogen) atoms. The Morgan fingerprint density at radius 1 is 1.37 bits per heavy atom. The van der Waals surface area contributed by atoms with Gasteiger partial charge in [-0.2, -0.15) is 0 Å². The Hall–Kier alpha value is -1.44. The lowest BCUT2D eigenvalue weighted by Crippen LogP contribution is -2.35. The molecule has 6 nitrogen and oxygen atoms in total. The third kappa shape index (κ3) is 4.98. The normalized spacial score (nSPS) is 13.0. The molecule has 1 unspecified atom stereocenters. The minimum atomic E-state index is -3.21. The van der Waals surface area contributed by atoms with Crippen LogP contribution >= 0.6 is 0 Å². The summed E-state index contributed by atoms with van der Waals surface area (Å²) < 4.78 is 22.5. The first-order valence-electron chi connectivity index (χ1n) is 5.79. The molecule has 0 aliphatic rings. The lowest BCUT2D eigenvalue weighted by atomic mass is 10.2. The van der Waals surface area contributed by atoms with Crippen LogP contribution in [0.2, 0.25) is 0 Å². The van der Waals surface area contributed by atoms with Crippen LogP contribution in [0.1, 0.15) is 12.0 Å². The summed E-state index contributed by atoms with van der Waals surface area (Å²) in [5.41, 5.74) is 5.99. The topological polar surface area (TPSA) is 109 Å². The molecular formula is C12H18N2O4S. The minimum Gasteiger partial charge on any atom is -0.383 e. The van der Waals surface area contributed by atoms with Gasteiger partial charge in [-0.3, -0.25) is 4.79 Å². The first-order chi connectivity index (χ1) is 8.84. The molecule has 7 heteroatoms. The van der Waals surface area contributed by atoms with E-state index in [1.165, 1.54) is 12.1 Å². The van der Waals surface area contributed by atoms with Gasteiger partial charge in [0.05, 0.1) is 4.90 Å². The molecule has 0 aliphatic carbocycles. The second-order valence-electron chi connectivity index (χ2n) is 4.23. The molecule has 0 heterocycles. The van der Waals surface area contributed by atoms with Crippen molar-refractivity contribution in [3.8, 4) is 0 Å². The first kappa shape index (κ1) is 15.6. The second-order valence-corrected chi connectivity index (χ2v) is 6.24. The number of carbonyl (C=O) groups excluding carboxylic acids is 1. The predicted octanol–water partition coefficient (Wildman–Crippen LogP) is -0.584. The van der Waals surface area contributed by atoms with Crippen LogP contribution in [0.5, 0.6) is 0 Å². The molecular weight excluding hydrogens is 268 g/mol. The fourth-order valence-electron chi connectivity index (χ4n) is 1.45. The summed E-state index contributed by atoms with van der Waals surface area (Å²) >= 11 is 0. The summed E-state index contributed by atoms with van der Waals surface area (Å²) in [5.74, 6) is -0.488. The molecule has 1 atom stereocenters. The van der Waals surface area contributed by atoms with Gasteiger partial charge >= 0.3 is 0 Å². The second kappa shape index (κ2) is 6.65. The standard InChI is InChI=1S/C12H18N2O4S/c1-19(17,18)10-4-2-9(3-5-10)8-14-12(16)11(15)6-7-13/h2-5,11,15H,6-8,13H2,1H3,(H,14,16). The van der Waals surface area contributed by atoms with Crippen LogP contribution in [0.3, 0.4) is 0 Å². The monoisotopic (exact) mass is 286 g/mol. The average molecular weight is 286 g/mol. The highest BCUT2D eigenvalue weighted by atomic mass is 32.2. The van der Waals surface area contributed by atoms with Crippen LogP contribution in [-0.4, -0.2) is 38.3 Å². The molecule has 0 bridgehead atoms. The van der Waals surface area contributed by atoms with E-state index in [0.29, 0.717) is 0 Å². The van der Waals surface area contributed by atoms with Crippen molar-refractivity contribution in [3.63, 3.8) is 0 Å². The summed E-state index contributed by atoms with van der Waals surface area (Å²) in [4.78, 5) is 11.6. The van der Waals surface area contributed by atoms with Crippen LogP contribution in [0.15, 0.2) is 29.2 Å². The zero-order valence-corrected chi connectivity index (χ0v) is 11.5. The molecule has 0 aliphatic heterocycles. The van der Waals surface area contributed by atoms with Gasteiger partial charge in [-0.15, -0.1) is 0 Å². The van der Waals surface area contributed by atoms with Gasteiger partial charge in [-0.25, -0.2) is 8.42 Å². The number of aliphatic hydroxyl groups excluding tert-OH is 1. The number of nitrogens with two attached hydrogens (primary N) is 1. The minimum absolute atomic E-state index is 0.207. The van der Waals surface area contributed by atoms with Crippen LogP contribution < -0.4 is 11.1 Å². The molecule has 0 spiro atoms. The van der Waals surface area contributed by atoms with E-state index in [-0.39, 0.29) is 24.4 Å². The number of hydrogen-bond donors (Lipinski definition) is 3. The van der Waals surface area contributed by atoms with Gasteiger partial charge in [-0.05, 0) is 30.7 Å². The first-order valence-corrected chi connectivity index (χ1v) is 7.68. The summed E-state index contributed by atoms with van der Waals surface area (Å²) in [5, 5.41) is 11.9.